The molecule has 0 bridgehead atoms. The Hall–Kier alpha value is -3.03. The van der Waals surface area contributed by atoms with Gasteiger partial charge in [-0.25, -0.2) is 4.79 Å². The Bertz CT molecular complexity index is 1330. The fraction of sp³-hybridized carbons (Fsp3) is 0.500. The lowest BCUT2D eigenvalue weighted by Crippen LogP contribution is -2.54. The van der Waals surface area contributed by atoms with Crippen LogP contribution in [0.5, 0.6) is 0 Å². The van der Waals surface area contributed by atoms with Gasteiger partial charge in [0, 0.05) is 37.2 Å². The zero-order chi connectivity index (χ0) is 30.2. The smallest absolute Gasteiger partial charge is 0.410 e. The number of benzene rings is 1. The zero-order valence-electron chi connectivity index (χ0n) is 22.5. The molecule has 3 heterocycles. The van der Waals surface area contributed by atoms with Crippen LogP contribution in [0.4, 0.5) is 13.6 Å². The number of thiazole rings is 1. The van der Waals surface area contributed by atoms with E-state index in [0.29, 0.717) is 17.7 Å². The Kier molecular flexibility index (Phi) is 8.81. The highest BCUT2D eigenvalue weighted by atomic mass is 35.5. The minimum absolute atomic E-state index is 0.00589. The van der Waals surface area contributed by atoms with E-state index in [2.05, 4.69) is 10.4 Å². The summed E-state index contributed by atoms with van der Waals surface area (Å²) in [5.41, 5.74) is 3.32. The van der Waals surface area contributed by atoms with E-state index in [1.54, 1.807) is 25.7 Å². The van der Waals surface area contributed by atoms with Crippen LogP contribution < -0.4 is 10.9 Å². The van der Waals surface area contributed by atoms with Gasteiger partial charge in [-0.1, -0.05) is 29.3 Å². The van der Waals surface area contributed by atoms with Crippen molar-refractivity contribution in [1.29, 1.82) is 0 Å². The molecule has 1 aromatic carbocycles. The van der Waals surface area contributed by atoms with Gasteiger partial charge in [-0.2, -0.15) is 8.78 Å². The molecular weight excluding hydrogens is 603 g/mol. The normalized spacial score (nSPS) is 18.8. The summed E-state index contributed by atoms with van der Waals surface area (Å²) in [7, 11) is 0. The number of hydrogen-bond donors (Lipinski definition) is 2. The van der Waals surface area contributed by atoms with Gasteiger partial charge in [0.05, 0.1) is 27.7 Å². The molecule has 2 aromatic rings. The molecule has 1 spiro atoms. The molecule has 2 aliphatic heterocycles. The van der Waals surface area contributed by atoms with Gasteiger partial charge in [-0.3, -0.25) is 30.2 Å². The Labute approximate surface area is 249 Å². The number of nitrogens with one attached hydrogen (secondary N) is 2. The lowest BCUT2D eigenvalue weighted by Gasteiger charge is -2.42. The Balaban J connectivity index is 1.48. The molecule has 0 aliphatic carbocycles. The second-order valence-corrected chi connectivity index (χ2v) is 12.8. The Morgan fingerprint density at radius 2 is 1.76 bits per heavy atom. The molecule has 0 radical (unpaired) electrons. The lowest BCUT2D eigenvalue weighted by atomic mass is 9.70. The van der Waals surface area contributed by atoms with Crippen LogP contribution in [0.3, 0.4) is 0 Å². The number of ether oxygens (including phenoxy) is 1. The topological polar surface area (TPSA) is 121 Å². The number of hydrogen-bond acceptors (Lipinski definition) is 7. The minimum Gasteiger partial charge on any atom is -0.444 e. The molecule has 1 atom stereocenters. The molecule has 4 amide bonds. The molecule has 2 aliphatic rings. The van der Waals surface area contributed by atoms with Crippen LogP contribution >= 0.6 is 34.5 Å². The van der Waals surface area contributed by atoms with Crippen LogP contribution in [0.25, 0.3) is 0 Å². The maximum Gasteiger partial charge on any atom is 0.410 e. The summed E-state index contributed by atoms with van der Waals surface area (Å²) < 4.78 is 35.1. The third-order valence-corrected chi connectivity index (χ3v) is 8.67. The first-order valence-corrected chi connectivity index (χ1v) is 14.4. The summed E-state index contributed by atoms with van der Waals surface area (Å²) in [4.78, 5) is 58.9. The van der Waals surface area contributed by atoms with E-state index in [1.165, 1.54) is 16.6 Å². The highest BCUT2D eigenvalue weighted by molar-refractivity contribution is 7.11. The van der Waals surface area contributed by atoms with Crippen molar-refractivity contribution in [3.05, 3.63) is 50.4 Å². The van der Waals surface area contributed by atoms with Crippen molar-refractivity contribution in [3.8, 4) is 0 Å². The molecule has 0 saturated carbocycles. The maximum atomic E-state index is 14.8. The van der Waals surface area contributed by atoms with Crippen LogP contribution in [0, 0.1) is 11.3 Å². The van der Waals surface area contributed by atoms with Crippen LogP contribution in [0.2, 0.25) is 10.0 Å². The summed E-state index contributed by atoms with van der Waals surface area (Å²) in [6.07, 6.45) is 1.65. The molecule has 222 valence electrons. The van der Waals surface area contributed by atoms with E-state index >= 15 is 0 Å². The highest BCUT2D eigenvalue weighted by Gasteiger charge is 2.53. The van der Waals surface area contributed by atoms with E-state index in [0.717, 1.165) is 29.5 Å². The van der Waals surface area contributed by atoms with E-state index in [4.69, 9.17) is 27.9 Å². The number of amides is 4. The largest absolute Gasteiger partial charge is 0.444 e. The Morgan fingerprint density at radius 1 is 1.07 bits per heavy atom. The quantitative estimate of drug-likeness (QED) is 0.480. The number of carbonyl (C=O) groups excluding carboxylic acids is 4. The van der Waals surface area contributed by atoms with Gasteiger partial charge in [0.1, 0.15) is 10.5 Å². The standard InChI is InChI=1S/C26H29Cl2F2N5O5S/c1-24(2,3)40-23(39)34-8-6-25(7-9-34)13-35(21(37)19-11-31-14-41-19)12-16(25)20(36)32-33-22(38)26(29,30)15-4-5-17(27)18(28)10-15/h4-5,10-11,14,16H,6-9,12-13H2,1-3H3,(H,32,36)(H,33,38). The first-order chi connectivity index (χ1) is 19.1. The van der Waals surface area contributed by atoms with E-state index in [9.17, 15) is 28.0 Å². The minimum atomic E-state index is -4.03. The summed E-state index contributed by atoms with van der Waals surface area (Å²) in [5.74, 6) is -7.69. The summed E-state index contributed by atoms with van der Waals surface area (Å²) in [6.45, 7) is 6.01. The number of likely N-dealkylation sites (tertiary alicyclic amines) is 2. The summed E-state index contributed by atoms with van der Waals surface area (Å²) in [5, 5.41) is -0.112. The molecule has 10 nitrogen and oxygen atoms in total. The number of aromatic nitrogens is 1. The summed E-state index contributed by atoms with van der Waals surface area (Å²) in [6, 6.07) is 2.97. The van der Waals surface area contributed by atoms with E-state index in [1.807, 2.05) is 5.43 Å². The molecule has 4 rings (SSSR count). The third kappa shape index (κ3) is 6.73. The number of piperidine rings is 1. The fourth-order valence-electron chi connectivity index (χ4n) is 5.04. The van der Waals surface area contributed by atoms with Gasteiger partial charge in [0.2, 0.25) is 5.91 Å². The van der Waals surface area contributed by atoms with Crippen molar-refractivity contribution >= 4 is 58.4 Å². The number of nitrogens with zero attached hydrogens (tertiary/aromatic N) is 3. The first-order valence-electron chi connectivity index (χ1n) is 12.7. The molecule has 2 N–H and O–H groups in total. The monoisotopic (exact) mass is 631 g/mol. The van der Waals surface area contributed by atoms with E-state index in [-0.39, 0.29) is 42.1 Å². The van der Waals surface area contributed by atoms with Crippen LogP contribution in [0.15, 0.2) is 29.9 Å². The molecular formula is C26H29Cl2F2N5O5S. The highest BCUT2D eigenvalue weighted by Crippen LogP contribution is 2.45. The number of halogens is 4. The number of alkyl halides is 2. The van der Waals surface area contributed by atoms with Crippen LogP contribution in [0.1, 0.15) is 48.8 Å². The van der Waals surface area contributed by atoms with Crippen molar-refractivity contribution in [1.82, 2.24) is 25.6 Å². The maximum absolute atomic E-state index is 14.8. The number of hydrazine groups is 1. The third-order valence-electron chi connectivity index (χ3n) is 7.17. The zero-order valence-corrected chi connectivity index (χ0v) is 24.8. The van der Waals surface area contributed by atoms with Gasteiger partial charge in [0.15, 0.2) is 0 Å². The van der Waals surface area contributed by atoms with Gasteiger partial charge < -0.3 is 14.5 Å². The molecule has 15 heteroatoms. The predicted octanol–water partition coefficient (Wildman–Crippen LogP) is 4.48. The number of carbonyl (C=O) groups is 4. The molecule has 2 saturated heterocycles. The molecule has 1 aromatic heterocycles. The average molecular weight is 633 g/mol. The summed E-state index contributed by atoms with van der Waals surface area (Å²) >= 11 is 12.8. The van der Waals surface area contributed by atoms with Gasteiger partial charge >= 0.3 is 17.9 Å². The molecule has 1 unspecified atom stereocenters. The van der Waals surface area contributed by atoms with Crippen molar-refractivity contribution in [2.24, 2.45) is 11.3 Å². The van der Waals surface area contributed by atoms with E-state index < -0.39 is 46.3 Å². The average Bonchev–Trinajstić information content (AvgIpc) is 3.56. The van der Waals surface area contributed by atoms with Crippen molar-refractivity contribution < 1.29 is 32.7 Å². The van der Waals surface area contributed by atoms with Gasteiger partial charge in [-0.15, -0.1) is 11.3 Å². The van der Waals surface area contributed by atoms with Crippen molar-refractivity contribution in [2.75, 3.05) is 26.2 Å². The first kappa shape index (κ1) is 30.9. The van der Waals surface area contributed by atoms with Gasteiger partial charge in [0.25, 0.3) is 5.91 Å². The molecule has 41 heavy (non-hydrogen) atoms. The lowest BCUT2D eigenvalue weighted by molar-refractivity contribution is -0.150. The van der Waals surface area contributed by atoms with Crippen molar-refractivity contribution in [3.63, 3.8) is 0 Å². The van der Waals surface area contributed by atoms with Crippen LogP contribution in [-0.4, -0.2) is 70.4 Å². The second kappa shape index (κ2) is 11.7. The molecule has 2 fully saturated rings. The van der Waals surface area contributed by atoms with Gasteiger partial charge in [-0.05, 0) is 45.7 Å². The van der Waals surface area contributed by atoms with Crippen molar-refractivity contribution in [2.45, 2.75) is 45.1 Å². The SMILES string of the molecule is CC(C)(C)OC(=O)N1CCC2(CC1)CN(C(=O)c1cncs1)CC2C(=O)NNC(=O)C(F)(F)c1ccc(Cl)c(Cl)c1. The fourth-order valence-corrected chi connectivity index (χ4v) is 5.92. The number of rotatable bonds is 4. The Morgan fingerprint density at radius 3 is 2.34 bits per heavy atom. The van der Waals surface area contributed by atoms with Crippen LogP contribution in [-0.2, 0) is 20.2 Å². The second-order valence-electron chi connectivity index (χ2n) is 11.1. The predicted molar refractivity (Wildman–Crippen MR) is 148 cm³/mol.